The summed E-state index contributed by atoms with van der Waals surface area (Å²) in [5, 5.41) is 0. The largest absolute Gasteiger partial charge is 0.462 e. The molecule has 0 spiro atoms. The zero-order valence-electron chi connectivity index (χ0n) is 40.2. The van der Waals surface area contributed by atoms with Crippen molar-refractivity contribution in [3.8, 4) is 0 Å². The second-order valence-corrected chi connectivity index (χ2v) is 17.4. The molecule has 0 heterocycles. The van der Waals surface area contributed by atoms with Crippen LogP contribution in [-0.4, -0.2) is 37.9 Å². The molecule has 0 rings (SSSR count). The maximum atomic E-state index is 12.7. The molecule has 0 aromatic carbocycles. The fourth-order valence-corrected chi connectivity index (χ4v) is 7.39. The molecule has 0 aliphatic carbocycles. The van der Waals surface area contributed by atoms with Crippen LogP contribution in [0.3, 0.4) is 0 Å². The van der Waals surface area contributed by atoms with Gasteiger partial charge < -0.3 is 14.2 Å². The average molecular weight is 841 g/mol. The van der Waals surface area contributed by atoms with Crippen molar-refractivity contribution in [1.29, 1.82) is 0 Å². The summed E-state index contributed by atoms with van der Waals surface area (Å²) in [6, 6.07) is 0. The van der Waals surface area contributed by atoms with Crippen LogP contribution in [0.15, 0.2) is 48.6 Å². The minimum absolute atomic E-state index is 0.0829. The minimum Gasteiger partial charge on any atom is -0.462 e. The summed E-state index contributed by atoms with van der Waals surface area (Å²) in [5.74, 6) is -0.402. The molecule has 5 nitrogen and oxygen atoms in total. The summed E-state index contributed by atoms with van der Waals surface area (Å²) >= 11 is 0. The normalized spacial score (nSPS) is 12.5. The Balaban J connectivity index is 4.10. The number of esters is 2. The van der Waals surface area contributed by atoms with Gasteiger partial charge >= 0.3 is 11.9 Å². The number of carbonyl (C=O) groups excluding carboxylic acids is 2. The lowest BCUT2D eigenvalue weighted by Crippen LogP contribution is -2.30. The maximum absolute atomic E-state index is 12.7. The highest BCUT2D eigenvalue weighted by atomic mass is 16.6. The van der Waals surface area contributed by atoms with Crippen molar-refractivity contribution in [3.63, 3.8) is 0 Å². The lowest BCUT2D eigenvalue weighted by molar-refractivity contribution is -0.163. The monoisotopic (exact) mass is 841 g/mol. The van der Waals surface area contributed by atoms with Gasteiger partial charge in [0.1, 0.15) is 6.61 Å². The van der Waals surface area contributed by atoms with Crippen molar-refractivity contribution < 1.29 is 23.8 Å². The van der Waals surface area contributed by atoms with Crippen LogP contribution in [0.4, 0.5) is 0 Å². The second-order valence-electron chi connectivity index (χ2n) is 17.4. The molecule has 0 aliphatic rings. The molecule has 0 N–H and O–H groups in total. The van der Waals surface area contributed by atoms with E-state index in [4.69, 9.17) is 14.2 Å². The van der Waals surface area contributed by atoms with Crippen molar-refractivity contribution in [2.75, 3.05) is 19.8 Å². The summed E-state index contributed by atoms with van der Waals surface area (Å²) in [4.78, 5) is 25.2. The Morgan fingerprint density at radius 2 is 0.700 bits per heavy atom. The molecular weight excluding hydrogens is 741 g/mol. The predicted molar refractivity (Wildman–Crippen MR) is 261 cm³/mol. The summed E-state index contributed by atoms with van der Waals surface area (Å²) < 4.78 is 17.3. The van der Waals surface area contributed by atoms with Gasteiger partial charge in [-0.05, 0) is 83.5 Å². The van der Waals surface area contributed by atoms with Gasteiger partial charge in [0.15, 0.2) is 6.10 Å². The van der Waals surface area contributed by atoms with Crippen LogP contribution in [0.5, 0.6) is 0 Å². The van der Waals surface area contributed by atoms with E-state index in [2.05, 4.69) is 69.4 Å². The fourth-order valence-electron chi connectivity index (χ4n) is 7.39. The van der Waals surface area contributed by atoms with Gasteiger partial charge in [-0.3, -0.25) is 9.59 Å². The molecule has 60 heavy (non-hydrogen) atoms. The molecule has 1 unspecified atom stereocenters. The summed E-state index contributed by atoms with van der Waals surface area (Å²) in [5.41, 5.74) is 0. The Morgan fingerprint density at radius 3 is 1.13 bits per heavy atom. The number of carbonyl (C=O) groups is 2. The van der Waals surface area contributed by atoms with E-state index in [9.17, 15) is 9.59 Å². The Labute approximate surface area is 373 Å². The summed E-state index contributed by atoms with van der Waals surface area (Å²) in [7, 11) is 0. The first-order valence-electron chi connectivity index (χ1n) is 26.2. The average Bonchev–Trinajstić information content (AvgIpc) is 3.25. The quantitative estimate of drug-likeness (QED) is 0.0347. The topological polar surface area (TPSA) is 61.8 Å². The van der Waals surface area contributed by atoms with Gasteiger partial charge in [-0.15, -0.1) is 0 Å². The van der Waals surface area contributed by atoms with E-state index in [1.807, 2.05) is 0 Å². The van der Waals surface area contributed by atoms with E-state index in [1.165, 1.54) is 180 Å². The molecule has 0 aromatic heterocycles. The molecule has 0 aromatic rings. The van der Waals surface area contributed by atoms with Gasteiger partial charge in [0.25, 0.3) is 0 Å². The smallest absolute Gasteiger partial charge is 0.306 e. The predicted octanol–water partition coefficient (Wildman–Crippen LogP) is 17.6. The molecule has 1 atom stereocenters. The number of ether oxygens (including phenoxy) is 3. The molecule has 0 fully saturated rings. The first-order valence-corrected chi connectivity index (χ1v) is 26.2. The third-order valence-electron chi connectivity index (χ3n) is 11.3. The van der Waals surface area contributed by atoms with Crippen molar-refractivity contribution >= 4 is 11.9 Å². The van der Waals surface area contributed by atoms with E-state index in [0.29, 0.717) is 19.4 Å². The zero-order chi connectivity index (χ0) is 43.5. The highest BCUT2D eigenvalue weighted by molar-refractivity contribution is 5.70. The lowest BCUT2D eigenvalue weighted by Gasteiger charge is -2.18. The Hall–Kier alpha value is -2.14. The third-order valence-corrected chi connectivity index (χ3v) is 11.3. The van der Waals surface area contributed by atoms with E-state index in [1.54, 1.807) is 0 Å². The van der Waals surface area contributed by atoms with Gasteiger partial charge in [-0.25, -0.2) is 0 Å². The molecule has 0 bridgehead atoms. The van der Waals surface area contributed by atoms with E-state index >= 15 is 0 Å². The molecule has 350 valence electrons. The van der Waals surface area contributed by atoms with Crippen LogP contribution >= 0.6 is 0 Å². The Bertz CT molecular complexity index is 997. The van der Waals surface area contributed by atoms with Crippen LogP contribution in [0.1, 0.15) is 265 Å². The van der Waals surface area contributed by atoms with Crippen molar-refractivity contribution in [3.05, 3.63) is 48.6 Å². The molecule has 0 aliphatic heterocycles. The van der Waals surface area contributed by atoms with Gasteiger partial charge in [0.2, 0.25) is 0 Å². The maximum Gasteiger partial charge on any atom is 0.306 e. The van der Waals surface area contributed by atoms with Crippen LogP contribution in [0.25, 0.3) is 0 Å². The van der Waals surface area contributed by atoms with E-state index in [0.717, 1.165) is 51.4 Å². The molecule has 0 amide bonds. The SMILES string of the molecule is CCCCC/C=C\C/C=C\CCCCCCCCCCCC(=O)OCC(COCCCCCCCCCC/C=C\C/C=C\CCCCC)OC(=O)CCCCCCCCC. The minimum atomic E-state index is -0.536. The summed E-state index contributed by atoms with van der Waals surface area (Å²) in [6.07, 6.45) is 62.7. The highest BCUT2D eigenvalue weighted by Gasteiger charge is 2.17. The number of rotatable bonds is 48. The van der Waals surface area contributed by atoms with E-state index < -0.39 is 6.10 Å². The zero-order valence-corrected chi connectivity index (χ0v) is 40.2. The number of hydrogen-bond acceptors (Lipinski definition) is 5. The number of hydrogen-bond donors (Lipinski definition) is 0. The molecular formula is C55H100O5. The van der Waals surface area contributed by atoms with E-state index in [-0.39, 0.29) is 25.2 Å². The first-order chi connectivity index (χ1) is 29.6. The van der Waals surface area contributed by atoms with Gasteiger partial charge in [0.05, 0.1) is 6.61 Å². The molecule has 5 heteroatoms. The third kappa shape index (κ3) is 48.5. The van der Waals surface area contributed by atoms with Crippen molar-refractivity contribution in [1.82, 2.24) is 0 Å². The van der Waals surface area contributed by atoms with Crippen molar-refractivity contribution in [2.45, 2.75) is 271 Å². The van der Waals surface area contributed by atoms with Crippen LogP contribution in [0.2, 0.25) is 0 Å². The van der Waals surface area contributed by atoms with Crippen LogP contribution in [-0.2, 0) is 23.8 Å². The fraction of sp³-hybridized carbons (Fsp3) is 0.818. The highest BCUT2D eigenvalue weighted by Crippen LogP contribution is 2.14. The van der Waals surface area contributed by atoms with Gasteiger partial charge in [0, 0.05) is 19.4 Å². The van der Waals surface area contributed by atoms with Crippen molar-refractivity contribution in [2.24, 2.45) is 0 Å². The van der Waals surface area contributed by atoms with Gasteiger partial charge in [-0.2, -0.15) is 0 Å². The first kappa shape index (κ1) is 57.9. The molecule has 0 radical (unpaired) electrons. The standard InChI is InChI=1S/C55H100O5/c1-4-7-10-13-16-18-20-22-24-26-28-29-31-33-35-37-40-42-45-48-54(56)59-52-53(60-55(57)49-46-43-39-15-12-9-6-3)51-58-50-47-44-41-38-36-34-32-30-27-25-23-21-19-17-14-11-8-5-2/h16-19,22-25,53H,4-15,20-21,26-52H2,1-3H3/b18-16-,19-17-,24-22-,25-23-. The second kappa shape index (κ2) is 51.2. The Kier molecular flexibility index (Phi) is 49.4. The summed E-state index contributed by atoms with van der Waals surface area (Å²) in [6.45, 7) is 7.76. The lowest BCUT2D eigenvalue weighted by atomic mass is 10.1. The number of unbranched alkanes of at least 4 members (excludes halogenated alkanes) is 29. The molecule has 0 saturated heterocycles. The van der Waals surface area contributed by atoms with Gasteiger partial charge in [-0.1, -0.05) is 217 Å². The van der Waals surface area contributed by atoms with Crippen LogP contribution in [0, 0.1) is 0 Å². The number of allylic oxidation sites excluding steroid dienone is 8. The van der Waals surface area contributed by atoms with Crippen LogP contribution < -0.4 is 0 Å². The Morgan fingerprint density at radius 1 is 0.367 bits per heavy atom. The molecule has 0 saturated carbocycles.